The highest BCUT2D eigenvalue weighted by molar-refractivity contribution is 7.98. The highest BCUT2D eigenvalue weighted by Gasteiger charge is 2.10. The van der Waals surface area contributed by atoms with Crippen LogP contribution in [0.3, 0.4) is 0 Å². The van der Waals surface area contributed by atoms with E-state index in [-0.39, 0.29) is 0 Å². The Morgan fingerprint density at radius 1 is 1.18 bits per heavy atom. The van der Waals surface area contributed by atoms with Crippen LogP contribution >= 0.6 is 11.8 Å². The van der Waals surface area contributed by atoms with Crippen LogP contribution in [0.1, 0.15) is 11.1 Å². The summed E-state index contributed by atoms with van der Waals surface area (Å²) in [5.74, 6) is 0.320. The highest BCUT2D eigenvalue weighted by Crippen LogP contribution is 2.26. The maximum Gasteiger partial charge on any atom is 0.277 e. The normalized spacial score (nSPS) is 10.4. The van der Waals surface area contributed by atoms with Gasteiger partial charge in [0, 0.05) is 23.7 Å². The molecule has 0 spiro atoms. The Morgan fingerprint density at radius 2 is 2.00 bits per heavy atom. The lowest BCUT2D eigenvalue weighted by molar-refractivity contribution is 0.465. The topological polar surface area (TPSA) is 75.6 Å². The van der Waals surface area contributed by atoms with Crippen LogP contribution in [0.4, 0.5) is 4.39 Å². The van der Waals surface area contributed by atoms with Crippen LogP contribution in [0.15, 0.2) is 52.4 Å². The van der Waals surface area contributed by atoms with Crippen molar-refractivity contribution < 1.29 is 8.81 Å². The molecule has 0 saturated heterocycles. The van der Waals surface area contributed by atoms with Crippen molar-refractivity contribution in [3.8, 4) is 17.5 Å². The van der Waals surface area contributed by atoms with Gasteiger partial charge in [-0.05, 0) is 29.8 Å². The van der Waals surface area contributed by atoms with Gasteiger partial charge in [-0.3, -0.25) is 4.98 Å². The van der Waals surface area contributed by atoms with Crippen molar-refractivity contribution in [3.63, 3.8) is 0 Å². The molecule has 0 aliphatic carbocycles. The van der Waals surface area contributed by atoms with E-state index in [2.05, 4.69) is 15.2 Å². The smallest absolute Gasteiger partial charge is 0.277 e. The van der Waals surface area contributed by atoms with Crippen LogP contribution in [-0.4, -0.2) is 15.2 Å². The van der Waals surface area contributed by atoms with Crippen LogP contribution < -0.4 is 0 Å². The second-order valence-electron chi connectivity index (χ2n) is 4.32. The number of hydrogen-bond acceptors (Lipinski definition) is 6. The van der Waals surface area contributed by atoms with Crippen LogP contribution in [0.25, 0.3) is 11.5 Å². The average molecular weight is 312 g/mol. The first-order valence-corrected chi connectivity index (χ1v) is 7.30. The molecule has 0 fully saturated rings. The third kappa shape index (κ3) is 3.13. The fourth-order valence-electron chi connectivity index (χ4n) is 1.75. The molecule has 0 N–H and O–H groups in total. The Bertz CT molecular complexity index is 829. The Kier molecular flexibility index (Phi) is 4.12. The number of benzene rings is 1. The Balaban J connectivity index is 1.70. The molecular formula is C15H9FN4OS. The van der Waals surface area contributed by atoms with Crippen LogP contribution in [0.2, 0.25) is 0 Å². The van der Waals surface area contributed by atoms with E-state index in [9.17, 15) is 4.39 Å². The van der Waals surface area contributed by atoms with Gasteiger partial charge in [-0.25, -0.2) is 4.39 Å². The predicted molar refractivity (Wildman–Crippen MR) is 78.2 cm³/mol. The molecule has 7 heteroatoms. The number of thioether (sulfide) groups is 1. The van der Waals surface area contributed by atoms with Gasteiger partial charge in [0.2, 0.25) is 5.89 Å². The molecule has 0 atom stereocenters. The van der Waals surface area contributed by atoms with E-state index < -0.39 is 5.82 Å². The Labute approximate surface area is 129 Å². The van der Waals surface area contributed by atoms with Crippen molar-refractivity contribution in [1.82, 2.24) is 15.2 Å². The zero-order chi connectivity index (χ0) is 15.4. The summed E-state index contributed by atoms with van der Waals surface area (Å²) < 4.78 is 19.3. The highest BCUT2D eigenvalue weighted by atomic mass is 32.2. The van der Waals surface area contributed by atoms with Crippen molar-refractivity contribution >= 4 is 11.8 Å². The molecule has 22 heavy (non-hydrogen) atoms. The first-order valence-electron chi connectivity index (χ1n) is 6.31. The number of nitrogens with zero attached hydrogens (tertiary/aromatic N) is 4. The van der Waals surface area contributed by atoms with Gasteiger partial charge in [-0.15, -0.1) is 10.2 Å². The van der Waals surface area contributed by atoms with E-state index in [1.807, 2.05) is 6.07 Å². The number of rotatable bonds is 4. The summed E-state index contributed by atoms with van der Waals surface area (Å²) in [6, 6.07) is 9.81. The van der Waals surface area contributed by atoms with Gasteiger partial charge in [-0.2, -0.15) is 5.26 Å². The summed E-state index contributed by atoms with van der Waals surface area (Å²) >= 11 is 1.24. The van der Waals surface area contributed by atoms with E-state index in [1.165, 1.54) is 17.8 Å². The van der Waals surface area contributed by atoms with Crippen LogP contribution in [-0.2, 0) is 5.75 Å². The van der Waals surface area contributed by atoms with E-state index >= 15 is 0 Å². The van der Waals surface area contributed by atoms with Crippen molar-refractivity contribution in [3.05, 3.63) is 59.7 Å². The summed E-state index contributed by atoms with van der Waals surface area (Å²) in [7, 11) is 0. The number of nitriles is 1. The minimum Gasteiger partial charge on any atom is -0.411 e. The minimum absolute atomic E-state index is 0.295. The number of aromatic nitrogens is 3. The molecule has 108 valence electrons. The van der Waals surface area contributed by atoms with Gasteiger partial charge >= 0.3 is 0 Å². The van der Waals surface area contributed by atoms with Gasteiger partial charge < -0.3 is 4.42 Å². The zero-order valence-electron chi connectivity index (χ0n) is 11.2. The Morgan fingerprint density at radius 3 is 2.73 bits per heavy atom. The molecule has 0 aliphatic rings. The summed E-state index contributed by atoms with van der Waals surface area (Å²) in [6.45, 7) is 0. The molecule has 0 unspecified atom stereocenters. The van der Waals surface area contributed by atoms with Gasteiger partial charge in [0.25, 0.3) is 5.22 Å². The second-order valence-corrected chi connectivity index (χ2v) is 5.24. The third-order valence-corrected chi connectivity index (χ3v) is 3.73. The largest absolute Gasteiger partial charge is 0.411 e. The third-order valence-electron chi connectivity index (χ3n) is 2.87. The van der Waals surface area contributed by atoms with Crippen molar-refractivity contribution in [2.75, 3.05) is 0 Å². The van der Waals surface area contributed by atoms with E-state index in [0.29, 0.717) is 28.0 Å². The monoisotopic (exact) mass is 312 g/mol. The molecule has 0 saturated carbocycles. The van der Waals surface area contributed by atoms with Crippen LogP contribution in [0, 0.1) is 17.1 Å². The molecule has 3 rings (SSSR count). The lowest BCUT2D eigenvalue weighted by Crippen LogP contribution is -1.89. The average Bonchev–Trinajstić information content (AvgIpc) is 3.03. The summed E-state index contributed by atoms with van der Waals surface area (Å²) in [5.41, 5.74) is 1.55. The first kappa shape index (κ1) is 14.2. The number of pyridine rings is 1. The van der Waals surface area contributed by atoms with Gasteiger partial charge in [-0.1, -0.05) is 17.8 Å². The Hall–Kier alpha value is -2.72. The minimum atomic E-state index is -0.416. The zero-order valence-corrected chi connectivity index (χ0v) is 12.0. The molecule has 0 aliphatic heterocycles. The summed E-state index contributed by atoms with van der Waals surface area (Å²) in [4.78, 5) is 3.92. The molecule has 0 amide bonds. The fraction of sp³-hybridized carbons (Fsp3) is 0.0667. The summed E-state index contributed by atoms with van der Waals surface area (Å²) in [5, 5.41) is 16.9. The van der Waals surface area contributed by atoms with Crippen LogP contribution in [0.5, 0.6) is 0 Å². The van der Waals surface area contributed by atoms with Gasteiger partial charge in [0.1, 0.15) is 5.82 Å². The molecule has 2 heterocycles. The molecular weight excluding hydrogens is 303 g/mol. The number of halogens is 1. The lowest BCUT2D eigenvalue weighted by Gasteiger charge is -2.00. The number of hydrogen-bond donors (Lipinski definition) is 0. The lowest BCUT2D eigenvalue weighted by atomic mass is 10.1. The second kappa shape index (κ2) is 6.37. The van der Waals surface area contributed by atoms with Crippen molar-refractivity contribution in [2.24, 2.45) is 0 Å². The van der Waals surface area contributed by atoms with E-state index in [1.54, 1.807) is 36.7 Å². The standard InChI is InChI=1S/C15H9FN4OS/c16-13-7-10(8-17)1-2-12(13)9-22-15-20-19-14(21-15)11-3-5-18-6-4-11/h1-7H,9H2. The van der Waals surface area contributed by atoms with Gasteiger partial charge in [0.05, 0.1) is 11.6 Å². The first-order chi connectivity index (χ1) is 10.8. The molecule has 5 nitrogen and oxygen atoms in total. The van der Waals surface area contributed by atoms with Gasteiger partial charge in [0.15, 0.2) is 0 Å². The van der Waals surface area contributed by atoms with E-state index in [4.69, 9.17) is 9.68 Å². The molecule has 0 radical (unpaired) electrons. The SMILES string of the molecule is N#Cc1ccc(CSc2nnc(-c3ccncc3)o2)c(F)c1. The molecule has 2 aromatic heterocycles. The van der Waals surface area contributed by atoms with Crippen molar-refractivity contribution in [1.29, 1.82) is 5.26 Å². The molecule has 1 aromatic carbocycles. The van der Waals surface area contributed by atoms with E-state index in [0.717, 1.165) is 5.56 Å². The fourth-order valence-corrected chi connectivity index (χ4v) is 2.50. The molecule has 0 bridgehead atoms. The quantitative estimate of drug-likeness (QED) is 0.687. The maximum absolute atomic E-state index is 13.8. The van der Waals surface area contributed by atoms with Crippen molar-refractivity contribution in [2.45, 2.75) is 11.0 Å². The maximum atomic E-state index is 13.8. The predicted octanol–water partition coefficient (Wildman–Crippen LogP) is 3.43. The molecule has 3 aromatic rings. The summed E-state index contributed by atoms with van der Waals surface area (Å²) in [6.07, 6.45) is 3.27.